The second-order valence-corrected chi connectivity index (χ2v) is 4.70. The van der Waals surface area contributed by atoms with Crippen LogP contribution in [0.2, 0.25) is 0 Å². The van der Waals surface area contributed by atoms with Crippen LogP contribution >= 0.6 is 0 Å². The quantitative estimate of drug-likeness (QED) is 0.733. The van der Waals surface area contributed by atoms with Gasteiger partial charge in [0, 0.05) is 12.6 Å². The molecule has 0 amide bonds. The van der Waals surface area contributed by atoms with Crippen LogP contribution < -0.4 is 14.2 Å². The maximum absolute atomic E-state index is 12.0. The molecule has 0 aliphatic carbocycles. The number of hydrogen-bond acceptors (Lipinski definition) is 5. The minimum atomic E-state index is -0.0331. The second-order valence-electron chi connectivity index (χ2n) is 4.70. The zero-order valence-corrected chi connectivity index (χ0v) is 13.4. The van der Waals surface area contributed by atoms with Gasteiger partial charge in [0.2, 0.25) is 5.75 Å². The number of carbonyl (C=O) groups is 1. The van der Waals surface area contributed by atoms with Crippen molar-refractivity contribution in [1.29, 1.82) is 0 Å². The number of Topliss-reactive ketones (excluding diaryl/α,β-unsaturated/α-hetero) is 1. The number of allylic oxidation sites excluding steroid dienone is 1. The van der Waals surface area contributed by atoms with E-state index in [0.717, 1.165) is 5.56 Å². The van der Waals surface area contributed by atoms with E-state index in [2.05, 4.69) is 4.98 Å². The molecule has 0 saturated carbocycles. The molecule has 0 radical (unpaired) electrons. The first kappa shape index (κ1) is 16.5. The van der Waals surface area contributed by atoms with Gasteiger partial charge < -0.3 is 14.2 Å². The van der Waals surface area contributed by atoms with Gasteiger partial charge in [0.05, 0.1) is 21.3 Å². The Morgan fingerprint density at radius 1 is 1.09 bits per heavy atom. The van der Waals surface area contributed by atoms with Gasteiger partial charge in [0.25, 0.3) is 0 Å². The van der Waals surface area contributed by atoms with Gasteiger partial charge in [-0.3, -0.25) is 9.78 Å². The highest BCUT2D eigenvalue weighted by molar-refractivity contribution is 5.95. The number of hydrogen-bond donors (Lipinski definition) is 0. The first-order chi connectivity index (χ1) is 11.2. The van der Waals surface area contributed by atoms with E-state index in [4.69, 9.17) is 14.2 Å². The largest absolute Gasteiger partial charge is 0.493 e. The third kappa shape index (κ3) is 4.10. The first-order valence-corrected chi connectivity index (χ1v) is 7.10. The lowest BCUT2D eigenvalue weighted by molar-refractivity contribution is 0.0991. The number of pyridine rings is 1. The number of ether oxygens (including phenoxy) is 3. The van der Waals surface area contributed by atoms with E-state index in [9.17, 15) is 4.79 Å². The molecule has 0 saturated heterocycles. The van der Waals surface area contributed by atoms with Crippen molar-refractivity contribution in [3.63, 3.8) is 0 Å². The number of benzene rings is 1. The van der Waals surface area contributed by atoms with Crippen molar-refractivity contribution in [2.24, 2.45) is 0 Å². The Labute approximate surface area is 135 Å². The lowest BCUT2D eigenvalue weighted by Gasteiger charge is -2.12. The van der Waals surface area contributed by atoms with Gasteiger partial charge in [0.15, 0.2) is 17.3 Å². The van der Waals surface area contributed by atoms with Crippen molar-refractivity contribution in [1.82, 2.24) is 4.98 Å². The Morgan fingerprint density at radius 3 is 2.30 bits per heavy atom. The highest BCUT2D eigenvalue weighted by Crippen LogP contribution is 2.38. The summed E-state index contributed by atoms with van der Waals surface area (Å²) in [5.74, 6) is 1.65. The summed E-state index contributed by atoms with van der Waals surface area (Å²) in [5, 5.41) is 0. The van der Waals surface area contributed by atoms with Crippen LogP contribution in [0.15, 0.2) is 42.6 Å². The molecule has 1 aromatic heterocycles. The van der Waals surface area contributed by atoms with Crippen molar-refractivity contribution in [3.8, 4) is 17.2 Å². The standard InChI is InChI=1S/C18H19NO4/c1-21-16-11-13(12-17(22-2)18(16)23-3)7-6-9-15(20)14-8-4-5-10-19-14/h4-8,10-12H,9H2,1-3H3/b7-6+. The maximum Gasteiger partial charge on any atom is 0.203 e. The normalized spacial score (nSPS) is 10.6. The first-order valence-electron chi connectivity index (χ1n) is 7.10. The molecule has 2 aromatic rings. The average Bonchev–Trinajstić information content (AvgIpc) is 2.61. The number of aromatic nitrogens is 1. The fourth-order valence-corrected chi connectivity index (χ4v) is 2.13. The maximum atomic E-state index is 12.0. The monoisotopic (exact) mass is 313 g/mol. The third-order valence-corrected chi connectivity index (χ3v) is 3.25. The second kappa shape index (κ2) is 7.98. The SMILES string of the molecule is COc1cc(/C=C/CC(=O)c2ccccn2)cc(OC)c1OC. The van der Waals surface area contributed by atoms with Gasteiger partial charge in [-0.25, -0.2) is 0 Å². The van der Waals surface area contributed by atoms with E-state index >= 15 is 0 Å². The van der Waals surface area contributed by atoms with Crippen LogP contribution in [0.25, 0.3) is 6.08 Å². The zero-order chi connectivity index (χ0) is 16.7. The molecule has 1 heterocycles. The predicted octanol–water partition coefficient (Wildman–Crippen LogP) is 3.39. The van der Waals surface area contributed by atoms with Gasteiger partial charge in [-0.2, -0.15) is 0 Å². The van der Waals surface area contributed by atoms with Crippen LogP contribution in [-0.2, 0) is 0 Å². The zero-order valence-electron chi connectivity index (χ0n) is 13.4. The summed E-state index contributed by atoms with van der Waals surface area (Å²) in [5.41, 5.74) is 1.32. The Hall–Kier alpha value is -2.82. The minimum Gasteiger partial charge on any atom is -0.493 e. The number of rotatable bonds is 7. The van der Waals surface area contributed by atoms with Crippen molar-refractivity contribution < 1.29 is 19.0 Å². The Morgan fingerprint density at radius 2 is 1.78 bits per heavy atom. The predicted molar refractivity (Wildman–Crippen MR) is 88.3 cm³/mol. The summed E-state index contributed by atoms with van der Waals surface area (Å²) in [4.78, 5) is 16.0. The highest BCUT2D eigenvalue weighted by atomic mass is 16.5. The number of methoxy groups -OCH3 is 3. The Kier molecular flexibility index (Phi) is 5.74. The van der Waals surface area contributed by atoms with Crippen LogP contribution in [0.1, 0.15) is 22.5 Å². The molecular formula is C18H19NO4. The summed E-state index contributed by atoms with van der Waals surface area (Å²) in [6, 6.07) is 8.92. The lowest BCUT2D eigenvalue weighted by atomic mass is 10.1. The minimum absolute atomic E-state index is 0.0331. The molecule has 0 unspecified atom stereocenters. The molecule has 1 aromatic carbocycles. The molecule has 0 aliphatic rings. The summed E-state index contributed by atoms with van der Waals surface area (Å²) < 4.78 is 15.9. The van der Waals surface area contributed by atoms with Crippen molar-refractivity contribution in [2.45, 2.75) is 6.42 Å². The molecule has 0 bridgehead atoms. The smallest absolute Gasteiger partial charge is 0.203 e. The summed E-state index contributed by atoms with van der Waals surface area (Å²) in [6.45, 7) is 0. The van der Waals surface area contributed by atoms with Crippen LogP contribution in [0.4, 0.5) is 0 Å². The topological polar surface area (TPSA) is 57.7 Å². The number of nitrogens with zero attached hydrogens (tertiary/aromatic N) is 1. The molecule has 0 spiro atoms. The van der Waals surface area contributed by atoms with Gasteiger partial charge in [-0.05, 0) is 29.8 Å². The lowest BCUT2D eigenvalue weighted by Crippen LogP contribution is -1.99. The number of carbonyl (C=O) groups excluding carboxylic acids is 1. The summed E-state index contributed by atoms with van der Waals surface area (Å²) in [6.07, 6.45) is 5.51. The molecule has 2 rings (SSSR count). The number of ketones is 1. The molecular weight excluding hydrogens is 294 g/mol. The van der Waals surface area contributed by atoms with Gasteiger partial charge in [-0.15, -0.1) is 0 Å². The molecule has 0 N–H and O–H groups in total. The fourth-order valence-electron chi connectivity index (χ4n) is 2.13. The van der Waals surface area contributed by atoms with Crippen LogP contribution in [0.5, 0.6) is 17.2 Å². The molecule has 5 heteroatoms. The van der Waals surface area contributed by atoms with E-state index < -0.39 is 0 Å². The third-order valence-electron chi connectivity index (χ3n) is 3.25. The highest BCUT2D eigenvalue weighted by Gasteiger charge is 2.12. The fraction of sp³-hybridized carbons (Fsp3) is 0.222. The van der Waals surface area contributed by atoms with Crippen LogP contribution in [0, 0.1) is 0 Å². The van der Waals surface area contributed by atoms with E-state index in [-0.39, 0.29) is 12.2 Å². The van der Waals surface area contributed by atoms with Crippen molar-refractivity contribution >= 4 is 11.9 Å². The molecule has 0 fully saturated rings. The molecule has 23 heavy (non-hydrogen) atoms. The molecule has 0 atom stereocenters. The molecule has 120 valence electrons. The van der Waals surface area contributed by atoms with Crippen LogP contribution in [0.3, 0.4) is 0 Å². The van der Waals surface area contributed by atoms with E-state index in [1.807, 2.05) is 18.2 Å². The van der Waals surface area contributed by atoms with Gasteiger partial charge >= 0.3 is 0 Å². The van der Waals surface area contributed by atoms with E-state index in [0.29, 0.717) is 22.9 Å². The Bertz CT molecular complexity index is 670. The van der Waals surface area contributed by atoms with Crippen molar-refractivity contribution in [3.05, 3.63) is 53.9 Å². The summed E-state index contributed by atoms with van der Waals surface area (Å²) in [7, 11) is 4.69. The van der Waals surface area contributed by atoms with Crippen molar-refractivity contribution in [2.75, 3.05) is 21.3 Å². The molecule has 0 aliphatic heterocycles. The van der Waals surface area contributed by atoms with E-state index in [1.165, 1.54) is 0 Å². The molecule has 5 nitrogen and oxygen atoms in total. The van der Waals surface area contributed by atoms with E-state index in [1.54, 1.807) is 51.8 Å². The average molecular weight is 313 g/mol. The van der Waals surface area contributed by atoms with Gasteiger partial charge in [-0.1, -0.05) is 18.2 Å². The Balaban J connectivity index is 2.15. The summed E-state index contributed by atoms with van der Waals surface area (Å²) >= 11 is 0. The van der Waals surface area contributed by atoms with Crippen LogP contribution in [-0.4, -0.2) is 32.1 Å². The van der Waals surface area contributed by atoms with Gasteiger partial charge in [0.1, 0.15) is 5.69 Å².